The van der Waals surface area contributed by atoms with Gasteiger partial charge < -0.3 is 24.4 Å². The third-order valence-corrected chi connectivity index (χ3v) is 6.44. The van der Waals surface area contributed by atoms with Crippen molar-refractivity contribution in [1.82, 2.24) is 9.80 Å². The lowest BCUT2D eigenvalue weighted by molar-refractivity contribution is -0.154. The molecule has 0 radical (unpaired) electrons. The molecular formula is C22H32N2O6. The van der Waals surface area contributed by atoms with Gasteiger partial charge in [0.25, 0.3) is 0 Å². The summed E-state index contributed by atoms with van der Waals surface area (Å²) in [6.07, 6.45) is 4.18. The fraction of sp³-hybridized carbons (Fsp3) is 0.682. The number of aliphatic hydroxyl groups is 1. The van der Waals surface area contributed by atoms with E-state index in [-0.39, 0.29) is 37.6 Å². The maximum Gasteiger partial charge on any atom is 0.312 e. The number of carbonyl (C=O) groups is 3. The van der Waals surface area contributed by atoms with Gasteiger partial charge in [0.15, 0.2) is 0 Å². The van der Waals surface area contributed by atoms with Crippen LogP contribution in [-0.4, -0.2) is 82.8 Å². The lowest BCUT2D eigenvalue weighted by Gasteiger charge is -2.38. The Morgan fingerprint density at radius 3 is 2.73 bits per heavy atom. The predicted octanol–water partition coefficient (Wildman–Crippen LogP) is 0.896. The molecule has 3 rings (SSSR count). The van der Waals surface area contributed by atoms with Crippen LogP contribution in [0, 0.1) is 11.8 Å². The van der Waals surface area contributed by atoms with Gasteiger partial charge >= 0.3 is 5.97 Å². The third-order valence-electron chi connectivity index (χ3n) is 6.44. The molecule has 30 heavy (non-hydrogen) atoms. The molecule has 3 heterocycles. The fourth-order valence-corrected chi connectivity index (χ4v) is 5.27. The maximum absolute atomic E-state index is 13.7. The first-order valence-corrected chi connectivity index (χ1v) is 10.6. The van der Waals surface area contributed by atoms with Crippen molar-refractivity contribution < 1.29 is 29.0 Å². The van der Waals surface area contributed by atoms with Crippen LogP contribution < -0.4 is 0 Å². The number of rotatable bonds is 10. The monoisotopic (exact) mass is 420 g/mol. The molecule has 5 atom stereocenters. The molecular weight excluding hydrogens is 388 g/mol. The number of nitrogens with zero attached hydrogens (tertiary/aromatic N) is 2. The molecule has 1 N–H and O–H groups in total. The summed E-state index contributed by atoms with van der Waals surface area (Å²) < 4.78 is 11.6. The number of hydrogen-bond acceptors (Lipinski definition) is 6. The van der Waals surface area contributed by atoms with E-state index in [4.69, 9.17) is 9.47 Å². The highest BCUT2D eigenvalue weighted by atomic mass is 16.6. The van der Waals surface area contributed by atoms with Gasteiger partial charge in [-0.15, -0.1) is 6.58 Å². The summed E-state index contributed by atoms with van der Waals surface area (Å²) in [7, 11) is 0. The molecule has 2 unspecified atom stereocenters. The van der Waals surface area contributed by atoms with Gasteiger partial charge in [-0.05, 0) is 33.1 Å². The lowest BCUT2D eigenvalue weighted by Crippen LogP contribution is -2.57. The number of fused-ring (bicyclic) bond motifs is 1. The van der Waals surface area contributed by atoms with Crippen LogP contribution in [-0.2, 0) is 23.9 Å². The van der Waals surface area contributed by atoms with Crippen LogP contribution in [0.25, 0.3) is 0 Å². The number of amides is 2. The Balaban J connectivity index is 1.99. The van der Waals surface area contributed by atoms with Gasteiger partial charge in [0.1, 0.15) is 18.2 Å². The van der Waals surface area contributed by atoms with E-state index < -0.39 is 35.6 Å². The average Bonchev–Trinajstić information content (AvgIpc) is 3.35. The van der Waals surface area contributed by atoms with Gasteiger partial charge in [0.2, 0.25) is 11.8 Å². The fourth-order valence-electron chi connectivity index (χ4n) is 5.27. The first kappa shape index (κ1) is 22.5. The summed E-state index contributed by atoms with van der Waals surface area (Å²) in [4.78, 5) is 43.1. The van der Waals surface area contributed by atoms with E-state index in [1.165, 1.54) is 11.0 Å². The molecule has 0 aliphatic carbocycles. The minimum atomic E-state index is -1.04. The van der Waals surface area contributed by atoms with Crippen molar-refractivity contribution in [2.75, 3.05) is 26.3 Å². The number of ether oxygens (including phenoxy) is 2. The molecule has 2 amide bonds. The van der Waals surface area contributed by atoms with E-state index in [1.807, 2.05) is 13.8 Å². The zero-order valence-corrected chi connectivity index (χ0v) is 17.8. The molecule has 2 bridgehead atoms. The topological polar surface area (TPSA) is 96.4 Å². The van der Waals surface area contributed by atoms with Crippen LogP contribution in [0.15, 0.2) is 25.3 Å². The molecule has 3 aliphatic heterocycles. The van der Waals surface area contributed by atoms with Crippen LogP contribution in [0.1, 0.15) is 33.1 Å². The number of carbonyl (C=O) groups excluding carboxylic acids is 3. The van der Waals surface area contributed by atoms with Crippen LogP contribution in [0.5, 0.6) is 0 Å². The third kappa shape index (κ3) is 3.46. The average molecular weight is 421 g/mol. The van der Waals surface area contributed by atoms with Gasteiger partial charge in [0.05, 0.1) is 17.9 Å². The highest BCUT2D eigenvalue weighted by molar-refractivity contribution is 5.98. The second-order valence-corrected chi connectivity index (χ2v) is 8.46. The molecule has 0 saturated carbocycles. The number of likely N-dealkylation sites (tertiary alicyclic amines) is 1. The highest BCUT2D eigenvalue weighted by Crippen LogP contribution is 2.58. The second-order valence-electron chi connectivity index (χ2n) is 8.46. The molecule has 0 aromatic rings. The van der Waals surface area contributed by atoms with Crippen LogP contribution in [0.4, 0.5) is 0 Å². The predicted molar refractivity (Wildman–Crippen MR) is 109 cm³/mol. The zero-order chi connectivity index (χ0) is 22.1. The van der Waals surface area contributed by atoms with E-state index in [0.29, 0.717) is 25.8 Å². The Labute approximate surface area is 177 Å². The SMILES string of the molecule is C=CCOC(=O)[C@@H]1[C@@H]2CCC3(O2)C(C(=O)N(CC=C)C(C)C)N(CCCO)C(=O)[C@H]13. The van der Waals surface area contributed by atoms with Crippen molar-refractivity contribution in [3.8, 4) is 0 Å². The first-order valence-electron chi connectivity index (χ1n) is 10.6. The number of hydrogen-bond donors (Lipinski definition) is 1. The van der Waals surface area contributed by atoms with Gasteiger partial charge in [-0.25, -0.2) is 0 Å². The van der Waals surface area contributed by atoms with Crippen molar-refractivity contribution in [3.63, 3.8) is 0 Å². The molecule has 1 spiro atoms. The molecule has 3 saturated heterocycles. The second kappa shape index (κ2) is 8.89. The standard InChI is InChI=1S/C22H32N2O6/c1-5-10-23(14(3)4)20(27)18-22-9-8-15(30-22)16(21(28)29-13-6-2)17(22)19(26)24(18)11-7-12-25/h5-6,14-18,25H,1-2,7-13H2,3-4H3/t15-,16+,17-,18?,22?/m0/s1. The van der Waals surface area contributed by atoms with Crippen LogP contribution in [0.2, 0.25) is 0 Å². The van der Waals surface area contributed by atoms with Crippen molar-refractivity contribution >= 4 is 17.8 Å². The normalized spacial score (nSPS) is 31.7. The van der Waals surface area contributed by atoms with Gasteiger partial charge in [-0.2, -0.15) is 0 Å². The summed E-state index contributed by atoms with van der Waals surface area (Å²) in [6.45, 7) is 11.7. The molecule has 0 aromatic carbocycles. The largest absolute Gasteiger partial charge is 0.461 e. The van der Waals surface area contributed by atoms with E-state index >= 15 is 0 Å². The van der Waals surface area contributed by atoms with Crippen LogP contribution in [0.3, 0.4) is 0 Å². The van der Waals surface area contributed by atoms with E-state index in [2.05, 4.69) is 13.2 Å². The Morgan fingerprint density at radius 1 is 1.40 bits per heavy atom. The van der Waals surface area contributed by atoms with E-state index in [0.717, 1.165) is 0 Å². The zero-order valence-electron chi connectivity index (χ0n) is 17.8. The Morgan fingerprint density at radius 2 is 2.13 bits per heavy atom. The van der Waals surface area contributed by atoms with Crippen LogP contribution >= 0.6 is 0 Å². The minimum Gasteiger partial charge on any atom is -0.461 e. The summed E-state index contributed by atoms with van der Waals surface area (Å²) in [6, 6.07) is -0.918. The van der Waals surface area contributed by atoms with Gasteiger partial charge in [-0.1, -0.05) is 18.7 Å². The lowest BCUT2D eigenvalue weighted by atomic mass is 9.70. The smallest absolute Gasteiger partial charge is 0.312 e. The minimum absolute atomic E-state index is 0.0625. The Kier molecular flexibility index (Phi) is 6.67. The Bertz CT molecular complexity index is 722. The van der Waals surface area contributed by atoms with Crippen molar-refractivity contribution in [2.24, 2.45) is 11.8 Å². The van der Waals surface area contributed by atoms with Crippen molar-refractivity contribution in [1.29, 1.82) is 0 Å². The number of aliphatic hydroxyl groups excluding tert-OH is 1. The van der Waals surface area contributed by atoms with Gasteiger partial charge in [0, 0.05) is 25.7 Å². The molecule has 0 aromatic heterocycles. The molecule has 8 nitrogen and oxygen atoms in total. The molecule has 166 valence electrons. The molecule has 8 heteroatoms. The van der Waals surface area contributed by atoms with E-state index in [9.17, 15) is 19.5 Å². The summed E-state index contributed by atoms with van der Waals surface area (Å²) in [5.74, 6) is -2.44. The van der Waals surface area contributed by atoms with E-state index in [1.54, 1.807) is 11.0 Å². The van der Waals surface area contributed by atoms with Gasteiger partial charge in [-0.3, -0.25) is 14.4 Å². The first-order chi connectivity index (χ1) is 14.3. The highest BCUT2D eigenvalue weighted by Gasteiger charge is 2.75. The Hall–Kier alpha value is -2.19. The molecule has 3 fully saturated rings. The number of esters is 1. The summed E-state index contributed by atoms with van der Waals surface area (Å²) in [5.41, 5.74) is -1.04. The van der Waals surface area contributed by atoms with Crippen molar-refractivity contribution in [2.45, 2.75) is 56.9 Å². The maximum atomic E-state index is 13.7. The summed E-state index contributed by atoms with van der Waals surface area (Å²) in [5, 5.41) is 9.33. The molecule has 3 aliphatic rings. The summed E-state index contributed by atoms with van der Waals surface area (Å²) >= 11 is 0. The van der Waals surface area contributed by atoms with Crippen molar-refractivity contribution in [3.05, 3.63) is 25.3 Å². The quantitative estimate of drug-likeness (QED) is 0.417.